The zero-order chi connectivity index (χ0) is 16.2. The molecule has 1 nitrogen and oxygen atoms in total. The maximum atomic E-state index is 13.2. The second-order valence-electron chi connectivity index (χ2n) is 5.26. The molecule has 0 aliphatic rings. The summed E-state index contributed by atoms with van der Waals surface area (Å²) in [5.41, 5.74) is 3.45. The van der Waals surface area contributed by atoms with E-state index >= 15 is 0 Å². The van der Waals surface area contributed by atoms with Gasteiger partial charge >= 0.3 is 0 Å². The lowest BCUT2D eigenvalue weighted by molar-refractivity contribution is 0.506. The number of thiazole rings is 1. The van der Waals surface area contributed by atoms with E-state index in [0.29, 0.717) is 10.6 Å². The van der Waals surface area contributed by atoms with Crippen LogP contribution in [0.3, 0.4) is 0 Å². The molecule has 2 aromatic carbocycles. The van der Waals surface area contributed by atoms with Gasteiger partial charge in [-0.05, 0) is 30.7 Å². The van der Waals surface area contributed by atoms with Crippen LogP contribution in [0, 0.1) is 18.6 Å². The van der Waals surface area contributed by atoms with Crippen LogP contribution in [0.4, 0.5) is 8.78 Å². The summed E-state index contributed by atoms with van der Waals surface area (Å²) >= 11 is 3.09. The number of aryl methyl sites for hydroxylation is 1. The van der Waals surface area contributed by atoms with Crippen molar-refractivity contribution < 1.29 is 8.78 Å². The number of hydrogen-bond acceptors (Lipinski definition) is 3. The molecule has 0 saturated heterocycles. The van der Waals surface area contributed by atoms with E-state index in [4.69, 9.17) is 0 Å². The third-order valence-electron chi connectivity index (χ3n) is 3.35. The maximum absolute atomic E-state index is 13.2. The Labute approximate surface area is 142 Å². The van der Waals surface area contributed by atoms with E-state index in [-0.39, 0.29) is 0 Å². The van der Waals surface area contributed by atoms with Crippen molar-refractivity contribution in [2.75, 3.05) is 0 Å². The summed E-state index contributed by atoms with van der Waals surface area (Å²) in [6.45, 7) is 2.07. The fourth-order valence-electron chi connectivity index (χ4n) is 2.10. The molecule has 3 aromatic rings. The van der Waals surface area contributed by atoms with Gasteiger partial charge in [0.2, 0.25) is 0 Å². The molecule has 0 N–H and O–H groups in total. The number of benzene rings is 2. The fraction of sp³-hybridized carbons (Fsp3) is 0.167. The van der Waals surface area contributed by atoms with Crippen molar-refractivity contribution in [2.24, 2.45) is 0 Å². The van der Waals surface area contributed by atoms with Gasteiger partial charge in [-0.25, -0.2) is 13.8 Å². The molecular formula is C18H15F2NS2. The molecule has 3 rings (SSSR count). The molecule has 0 saturated carbocycles. The van der Waals surface area contributed by atoms with Gasteiger partial charge in [-0.1, -0.05) is 29.8 Å². The van der Waals surface area contributed by atoms with Crippen molar-refractivity contribution in [2.45, 2.75) is 24.0 Å². The van der Waals surface area contributed by atoms with Gasteiger partial charge in [0.1, 0.15) is 0 Å². The molecule has 23 heavy (non-hydrogen) atoms. The number of hydrogen-bond donors (Lipinski definition) is 0. The number of rotatable bonds is 5. The second-order valence-corrected chi connectivity index (χ2v) is 7.25. The van der Waals surface area contributed by atoms with Crippen LogP contribution in [-0.4, -0.2) is 4.98 Å². The lowest BCUT2D eigenvalue weighted by atomic mass is 10.1. The molecule has 1 heterocycles. The summed E-state index contributed by atoms with van der Waals surface area (Å²) in [5, 5.41) is 3.09. The molecule has 0 bridgehead atoms. The minimum Gasteiger partial charge on any atom is -0.245 e. The highest BCUT2D eigenvalue weighted by Gasteiger charge is 2.06. The molecule has 0 amide bonds. The molecule has 0 unspecified atom stereocenters. The van der Waals surface area contributed by atoms with Gasteiger partial charge in [0.05, 0.1) is 10.7 Å². The average Bonchev–Trinajstić information content (AvgIpc) is 2.98. The minimum atomic E-state index is -0.816. The van der Waals surface area contributed by atoms with Crippen LogP contribution in [0.15, 0.2) is 52.7 Å². The Morgan fingerprint density at radius 2 is 1.83 bits per heavy atom. The highest BCUT2D eigenvalue weighted by atomic mass is 32.2. The maximum Gasteiger partial charge on any atom is 0.159 e. The Kier molecular flexibility index (Phi) is 5.08. The topological polar surface area (TPSA) is 12.9 Å². The van der Waals surface area contributed by atoms with Gasteiger partial charge in [-0.2, -0.15) is 0 Å². The van der Waals surface area contributed by atoms with E-state index in [1.165, 1.54) is 29.0 Å². The predicted octanol–water partition coefficient (Wildman–Crippen LogP) is 5.61. The van der Waals surface area contributed by atoms with E-state index in [0.717, 1.165) is 23.2 Å². The van der Waals surface area contributed by atoms with Gasteiger partial charge in [-0.3, -0.25) is 0 Å². The van der Waals surface area contributed by atoms with Crippen LogP contribution in [0.2, 0.25) is 0 Å². The van der Waals surface area contributed by atoms with Crippen molar-refractivity contribution in [1.29, 1.82) is 0 Å². The van der Waals surface area contributed by atoms with E-state index in [1.807, 2.05) is 5.38 Å². The van der Waals surface area contributed by atoms with Crippen LogP contribution in [0.1, 0.15) is 21.8 Å². The quantitative estimate of drug-likeness (QED) is 0.556. The van der Waals surface area contributed by atoms with E-state index in [9.17, 15) is 8.78 Å². The standard InChI is InChI=1S/C18H15F2NS2/c1-12-2-4-13(5-3-12)8-18-21-14(11-23-18)10-22-15-6-7-16(19)17(20)9-15/h2-7,9,11H,8,10H2,1H3. The van der Waals surface area contributed by atoms with Crippen LogP contribution in [-0.2, 0) is 12.2 Å². The molecule has 0 aliphatic heterocycles. The monoisotopic (exact) mass is 347 g/mol. The minimum absolute atomic E-state index is 0.648. The number of aromatic nitrogens is 1. The summed E-state index contributed by atoms with van der Waals surface area (Å²) in [6, 6.07) is 12.4. The molecule has 0 fully saturated rings. The lowest BCUT2D eigenvalue weighted by Crippen LogP contribution is -1.89. The Hall–Kier alpha value is -1.72. The first kappa shape index (κ1) is 16.1. The molecule has 1 aromatic heterocycles. The highest BCUT2D eigenvalue weighted by Crippen LogP contribution is 2.25. The molecule has 0 atom stereocenters. The predicted molar refractivity (Wildman–Crippen MR) is 92.0 cm³/mol. The van der Waals surface area contributed by atoms with Crippen molar-refractivity contribution in [3.05, 3.63) is 81.3 Å². The molecular weight excluding hydrogens is 332 g/mol. The van der Waals surface area contributed by atoms with E-state index < -0.39 is 11.6 Å². The zero-order valence-electron chi connectivity index (χ0n) is 12.6. The normalized spacial score (nSPS) is 10.9. The van der Waals surface area contributed by atoms with Crippen LogP contribution >= 0.6 is 23.1 Å². The Morgan fingerprint density at radius 1 is 1.04 bits per heavy atom. The summed E-state index contributed by atoms with van der Waals surface area (Å²) in [4.78, 5) is 5.32. The molecule has 0 aliphatic carbocycles. The first-order chi connectivity index (χ1) is 11.1. The average molecular weight is 347 g/mol. The SMILES string of the molecule is Cc1ccc(Cc2nc(CSc3ccc(F)c(F)c3)cs2)cc1. The number of nitrogens with zero attached hydrogens (tertiary/aromatic N) is 1. The highest BCUT2D eigenvalue weighted by molar-refractivity contribution is 7.98. The van der Waals surface area contributed by atoms with Gasteiger partial charge in [0.25, 0.3) is 0 Å². The van der Waals surface area contributed by atoms with E-state index in [2.05, 4.69) is 36.2 Å². The van der Waals surface area contributed by atoms with Crippen molar-refractivity contribution in [3.8, 4) is 0 Å². The summed E-state index contributed by atoms with van der Waals surface area (Å²) in [5.74, 6) is -0.980. The first-order valence-corrected chi connectivity index (χ1v) is 9.03. The van der Waals surface area contributed by atoms with Crippen LogP contribution in [0.25, 0.3) is 0 Å². The summed E-state index contributed by atoms with van der Waals surface area (Å²) in [7, 11) is 0. The third-order valence-corrected chi connectivity index (χ3v) is 5.28. The van der Waals surface area contributed by atoms with Crippen LogP contribution in [0.5, 0.6) is 0 Å². The van der Waals surface area contributed by atoms with Crippen molar-refractivity contribution in [1.82, 2.24) is 4.98 Å². The van der Waals surface area contributed by atoms with Gasteiger partial charge in [0, 0.05) is 22.4 Å². The number of thioether (sulfide) groups is 1. The Balaban J connectivity index is 1.60. The Bertz CT molecular complexity index is 797. The fourth-order valence-corrected chi connectivity index (χ4v) is 3.85. The Morgan fingerprint density at radius 3 is 2.57 bits per heavy atom. The van der Waals surface area contributed by atoms with Gasteiger partial charge in [0.15, 0.2) is 11.6 Å². The first-order valence-electron chi connectivity index (χ1n) is 7.17. The number of halogens is 2. The molecule has 118 valence electrons. The smallest absolute Gasteiger partial charge is 0.159 e. The molecule has 0 radical (unpaired) electrons. The summed E-state index contributed by atoms with van der Waals surface area (Å²) < 4.78 is 26.1. The largest absolute Gasteiger partial charge is 0.245 e. The van der Waals surface area contributed by atoms with Gasteiger partial charge in [-0.15, -0.1) is 23.1 Å². The van der Waals surface area contributed by atoms with Gasteiger partial charge < -0.3 is 0 Å². The van der Waals surface area contributed by atoms with Crippen molar-refractivity contribution in [3.63, 3.8) is 0 Å². The van der Waals surface area contributed by atoms with Crippen molar-refractivity contribution >= 4 is 23.1 Å². The zero-order valence-corrected chi connectivity index (χ0v) is 14.2. The van der Waals surface area contributed by atoms with Crippen LogP contribution < -0.4 is 0 Å². The third kappa shape index (κ3) is 4.39. The summed E-state index contributed by atoms with van der Waals surface area (Å²) in [6.07, 6.45) is 0.820. The molecule has 0 spiro atoms. The van der Waals surface area contributed by atoms with E-state index in [1.54, 1.807) is 17.4 Å². The lowest BCUT2D eigenvalue weighted by Gasteiger charge is -2.01. The second kappa shape index (κ2) is 7.23. The molecule has 5 heteroatoms.